The molecule has 0 saturated heterocycles. The van der Waals surface area contributed by atoms with Crippen LogP contribution in [-0.4, -0.2) is 41.3 Å². The lowest BCUT2D eigenvalue weighted by Gasteiger charge is -2.43. The predicted octanol–water partition coefficient (Wildman–Crippen LogP) is 4.09. The molecular formula is C9H18F6O2Si2. The van der Waals surface area contributed by atoms with Crippen molar-refractivity contribution in [2.24, 2.45) is 0 Å². The van der Waals surface area contributed by atoms with Gasteiger partial charge in [0.25, 0.3) is 5.55 Å². The van der Waals surface area contributed by atoms with Gasteiger partial charge in [-0.15, -0.1) is 0 Å². The minimum atomic E-state index is -5.85. The Morgan fingerprint density at radius 1 is 0.789 bits per heavy atom. The topological polar surface area (TPSA) is 18.5 Å². The Balaban J connectivity index is 5.84. The Morgan fingerprint density at radius 2 is 1.16 bits per heavy atom. The molecule has 1 unspecified atom stereocenters. The lowest BCUT2D eigenvalue weighted by atomic mass is 10.3. The number of hydrogen-bond acceptors (Lipinski definition) is 2. The summed E-state index contributed by atoms with van der Waals surface area (Å²) in [7, 11) is -6.50. The molecule has 0 aromatic rings. The van der Waals surface area contributed by atoms with Crippen LogP contribution in [0.5, 0.6) is 0 Å². The first kappa shape index (κ1) is 18.9. The van der Waals surface area contributed by atoms with Crippen LogP contribution in [-0.2, 0) is 8.85 Å². The average molecular weight is 328 g/mol. The van der Waals surface area contributed by atoms with E-state index in [1.54, 1.807) is 0 Å². The molecule has 0 aliphatic heterocycles. The smallest absolute Gasteiger partial charge is 0.398 e. The molecule has 0 aliphatic carbocycles. The van der Waals surface area contributed by atoms with Gasteiger partial charge in [-0.1, -0.05) is 19.6 Å². The number of rotatable bonds is 5. The molecule has 2 nitrogen and oxygen atoms in total. The van der Waals surface area contributed by atoms with Gasteiger partial charge in [0, 0.05) is 7.11 Å². The molecule has 19 heavy (non-hydrogen) atoms. The number of alkyl halides is 6. The summed E-state index contributed by atoms with van der Waals surface area (Å²) < 4.78 is 89.2. The zero-order valence-electron chi connectivity index (χ0n) is 11.6. The first-order valence-electron chi connectivity index (χ1n) is 5.40. The van der Waals surface area contributed by atoms with E-state index in [1.165, 1.54) is 0 Å². The van der Waals surface area contributed by atoms with E-state index in [0.717, 1.165) is 39.8 Å². The molecule has 0 saturated carbocycles. The molecule has 0 radical (unpaired) electrons. The van der Waals surface area contributed by atoms with Crippen molar-refractivity contribution in [1.82, 2.24) is 0 Å². The Morgan fingerprint density at radius 3 is 1.37 bits per heavy atom. The fourth-order valence-corrected chi connectivity index (χ4v) is 3.43. The molecule has 0 aliphatic rings. The van der Waals surface area contributed by atoms with Crippen LogP contribution in [0.4, 0.5) is 26.3 Å². The van der Waals surface area contributed by atoms with Gasteiger partial charge in [-0.05, 0) is 13.1 Å². The molecule has 0 fully saturated rings. The van der Waals surface area contributed by atoms with E-state index < -0.39 is 34.2 Å². The van der Waals surface area contributed by atoms with Gasteiger partial charge in [-0.3, -0.25) is 0 Å². The second kappa shape index (κ2) is 5.04. The summed E-state index contributed by atoms with van der Waals surface area (Å²) >= 11 is 0. The zero-order valence-corrected chi connectivity index (χ0v) is 13.6. The third-order valence-electron chi connectivity index (χ3n) is 2.59. The summed E-state index contributed by atoms with van der Waals surface area (Å²) in [4.78, 5) is 0. The molecule has 0 N–H and O–H groups in total. The molecule has 0 spiro atoms. The fourth-order valence-electron chi connectivity index (χ4n) is 1.16. The molecule has 0 rings (SSSR count). The quantitative estimate of drug-likeness (QED) is 0.559. The van der Waals surface area contributed by atoms with Gasteiger partial charge in [-0.25, -0.2) is 8.78 Å². The largest absolute Gasteiger partial charge is 0.453 e. The SMILES string of the molecule is CO[Si](C)(C)OC(F)(C(F)(F)F)C(F)(F)[Si](C)(C)C. The Labute approximate surface area is 110 Å². The van der Waals surface area contributed by atoms with Crippen molar-refractivity contribution in [2.75, 3.05) is 7.11 Å². The molecule has 1 atom stereocenters. The van der Waals surface area contributed by atoms with Crippen LogP contribution in [0.3, 0.4) is 0 Å². The highest BCUT2D eigenvalue weighted by Gasteiger charge is 2.77. The maximum atomic E-state index is 14.1. The number of hydrogen-bond donors (Lipinski definition) is 0. The van der Waals surface area contributed by atoms with Crippen molar-refractivity contribution in [3.05, 3.63) is 0 Å². The maximum absolute atomic E-state index is 14.1. The molecular weight excluding hydrogens is 310 g/mol. The Kier molecular flexibility index (Phi) is 5.03. The summed E-state index contributed by atoms with van der Waals surface area (Å²) in [6, 6.07) is 0. The van der Waals surface area contributed by atoms with Crippen LogP contribution in [0.2, 0.25) is 32.7 Å². The average Bonchev–Trinajstić information content (AvgIpc) is 2.13. The van der Waals surface area contributed by atoms with E-state index in [9.17, 15) is 26.3 Å². The monoisotopic (exact) mass is 328 g/mol. The van der Waals surface area contributed by atoms with Crippen LogP contribution in [0.25, 0.3) is 0 Å². The minimum Gasteiger partial charge on any atom is -0.398 e. The Hall–Kier alpha value is -0.0662. The maximum Gasteiger partial charge on any atom is 0.453 e. The van der Waals surface area contributed by atoms with Crippen molar-refractivity contribution in [1.29, 1.82) is 0 Å². The van der Waals surface area contributed by atoms with Crippen molar-refractivity contribution >= 4 is 16.6 Å². The van der Waals surface area contributed by atoms with Gasteiger partial charge >= 0.3 is 20.6 Å². The lowest BCUT2D eigenvalue weighted by Crippen LogP contribution is -2.69. The Bertz CT molecular complexity index is 326. The summed E-state index contributed by atoms with van der Waals surface area (Å²) in [5, 5.41) is 0. The van der Waals surface area contributed by atoms with Crippen LogP contribution in [0.1, 0.15) is 0 Å². The van der Waals surface area contributed by atoms with Gasteiger partial charge in [-0.2, -0.15) is 17.6 Å². The second-order valence-corrected chi connectivity index (χ2v) is 14.2. The van der Waals surface area contributed by atoms with E-state index in [4.69, 9.17) is 0 Å². The van der Waals surface area contributed by atoms with E-state index in [0.29, 0.717) is 0 Å². The predicted molar refractivity (Wildman–Crippen MR) is 63.8 cm³/mol. The third kappa shape index (κ3) is 3.53. The van der Waals surface area contributed by atoms with E-state index in [1.807, 2.05) is 0 Å². The normalized spacial score (nSPS) is 18.3. The standard InChI is InChI=1S/C9H18F6O2Si2/c1-16-19(5,6)17-7(10,8(11,12)13)9(14,15)18(2,3)4/h1-6H3. The van der Waals surface area contributed by atoms with Crippen LogP contribution < -0.4 is 0 Å². The highest BCUT2D eigenvalue weighted by atomic mass is 28.4. The number of halogens is 6. The lowest BCUT2D eigenvalue weighted by molar-refractivity contribution is -0.361. The van der Waals surface area contributed by atoms with Crippen LogP contribution in [0.15, 0.2) is 0 Å². The van der Waals surface area contributed by atoms with Crippen molar-refractivity contribution in [2.45, 2.75) is 50.3 Å². The van der Waals surface area contributed by atoms with Gasteiger partial charge in [0.1, 0.15) is 8.07 Å². The molecule has 0 amide bonds. The van der Waals surface area contributed by atoms with Crippen molar-refractivity contribution in [3.8, 4) is 0 Å². The highest BCUT2D eigenvalue weighted by molar-refractivity contribution is 6.78. The molecule has 0 aromatic heterocycles. The molecule has 0 bridgehead atoms. The molecule has 10 heteroatoms. The molecule has 0 aromatic carbocycles. The summed E-state index contributed by atoms with van der Waals surface area (Å²) in [5.74, 6) is -5.03. The van der Waals surface area contributed by atoms with E-state index in [2.05, 4.69) is 8.85 Å². The molecule has 116 valence electrons. The van der Waals surface area contributed by atoms with Crippen molar-refractivity contribution < 1.29 is 35.2 Å². The van der Waals surface area contributed by atoms with Gasteiger partial charge < -0.3 is 8.85 Å². The fraction of sp³-hybridized carbons (Fsp3) is 1.00. The van der Waals surface area contributed by atoms with Gasteiger partial charge in [0.15, 0.2) is 0 Å². The summed E-state index contributed by atoms with van der Waals surface area (Å²) in [6.45, 7) is 4.95. The van der Waals surface area contributed by atoms with Gasteiger partial charge in [0.2, 0.25) is 0 Å². The zero-order chi connectivity index (χ0) is 15.9. The van der Waals surface area contributed by atoms with Crippen molar-refractivity contribution in [3.63, 3.8) is 0 Å². The van der Waals surface area contributed by atoms with Crippen LogP contribution in [0, 0.1) is 0 Å². The summed E-state index contributed by atoms with van der Waals surface area (Å²) in [5.41, 5.74) is -4.64. The second-order valence-electron chi connectivity index (χ2n) is 5.62. The van der Waals surface area contributed by atoms with E-state index in [-0.39, 0.29) is 0 Å². The summed E-state index contributed by atoms with van der Waals surface area (Å²) in [6.07, 6.45) is -5.85. The minimum absolute atomic E-state index is 0.942. The van der Waals surface area contributed by atoms with Gasteiger partial charge in [0.05, 0.1) is 0 Å². The van der Waals surface area contributed by atoms with Crippen LogP contribution >= 0.6 is 0 Å². The molecule has 0 heterocycles. The first-order valence-corrected chi connectivity index (χ1v) is 11.7. The highest BCUT2D eigenvalue weighted by Crippen LogP contribution is 2.51. The van der Waals surface area contributed by atoms with E-state index >= 15 is 0 Å². The first-order chi connectivity index (χ1) is 8.02. The third-order valence-corrected chi connectivity index (χ3v) is 6.55.